The Labute approximate surface area is 125 Å². The molecule has 0 spiro atoms. The Balaban J connectivity index is 2.30. The Hall–Kier alpha value is -2.22. The van der Waals surface area contributed by atoms with E-state index < -0.39 is 33.2 Å². The minimum absolute atomic E-state index is 0.167. The fraction of sp³-hybridized carbons (Fsp3) is 0.143. The smallest absolute Gasteiger partial charge is 0.261 e. The summed E-state index contributed by atoms with van der Waals surface area (Å²) in [7, 11) is -4.13. The molecule has 0 aromatic heterocycles. The molecule has 0 fully saturated rings. The van der Waals surface area contributed by atoms with Gasteiger partial charge in [0.15, 0.2) is 17.5 Å². The third-order valence-corrected chi connectivity index (χ3v) is 4.11. The van der Waals surface area contributed by atoms with Crippen molar-refractivity contribution in [2.75, 3.05) is 11.3 Å². The van der Waals surface area contributed by atoms with Crippen LogP contribution in [0.5, 0.6) is 5.75 Å². The first-order chi connectivity index (χ1) is 10.3. The molecule has 0 aliphatic heterocycles. The zero-order valence-corrected chi connectivity index (χ0v) is 12.3. The van der Waals surface area contributed by atoms with Crippen LogP contribution in [-0.4, -0.2) is 15.0 Å². The Bertz CT molecular complexity index is 777. The molecule has 118 valence electrons. The number of anilines is 1. The molecule has 0 amide bonds. The lowest BCUT2D eigenvalue weighted by molar-refractivity contribution is 0.340. The average molecular weight is 331 g/mol. The van der Waals surface area contributed by atoms with Crippen molar-refractivity contribution in [1.82, 2.24) is 0 Å². The SMILES string of the molecule is CCOc1ccc(S(=O)(=O)Nc2ccc(F)c(F)c2F)cc1. The highest BCUT2D eigenvalue weighted by atomic mass is 32.2. The predicted molar refractivity (Wildman–Crippen MR) is 74.7 cm³/mol. The van der Waals surface area contributed by atoms with Gasteiger partial charge in [0.25, 0.3) is 10.0 Å². The number of sulfonamides is 1. The summed E-state index contributed by atoms with van der Waals surface area (Å²) in [4.78, 5) is -0.167. The van der Waals surface area contributed by atoms with Gasteiger partial charge in [-0.1, -0.05) is 0 Å². The molecule has 0 bridgehead atoms. The number of hydrogen-bond acceptors (Lipinski definition) is 3. The highest BCUT2D eigenvalue weighted by Crippen LogP contribution is 2.23. The fourth-order valence-electron chi connectivity index (χ4n) is 1.69. The molecule has 2 aromatic rings. The summed E-state index contributed by atoms with van der Waals surface area (Å²) in [6, 6.07) is 6.81. The first kappa shape index (κ1) is 16.2. The van der Waals surface area contributed by atoms with Crippen molar-refractivity contribution in [2.45, 2.75) is 11.8 Å². The van der Waals surface area contributed by atoms with Crippen LogP contribution in [0.3, 0.4) is 0 Å². The lowest BCUT2D eigenvalue weighted by atomic mass is 10.3. The van der Waals surface area contributed by atoms with Crippen molar-refractivity contribution >= 4 is 15.7 Å². The summed E-state index contributed by atoms with van der Waals surface area (Å²) in [5.74, 6) is -4.27. The second kappa shape index (κ2) is 6.27. The Morgan fingerprint density at radius 3 is 2.23 bits per heavy atom. The molecule has 0 unspecified atom stereocenters. The molecule has 2 aromatic carbocycles. The van der Waals surface area contributed by atoms with Gasteiger partial charge < -0.3 is 4.74 Å². The van der Waals surface area contributed by atoms with E-state index in [1.165, 1.54) is 24.3 Å². The zero-order valence-electron chi connectivity index (χ0n) is 11.4. The average Bonchev–Trinajstić information content (AvgIpc) is 2.49. The van der Waals surface area contributed by atoms with E-state index in [0.29, 0.717) is 18.4 Å². The van der Waals surface area contributed by atoms with Gasteiger partial charge in [-0.2, -0.15) is 0 Å². The van der Waals surface area contributed by atoms with E-state index in [2.05, 4.69) is 0 Å². The Morgan fingerprint density at radius 1 is 1.00 bits per heavy atom. The van der Waals surface area contributed by atoms with Crippen molar-refractivity contribution in [3.63, 3.8) is 0 Å². The van der Waals surface area contributed by atoms with E-state index in [9.17, 15) is 21.6 Å². The maximum Gasteiger partial charge on any atom is 0.261 e. The summed E-state index contributed by atoms with van der Waals surface area (Å²) in [5.41, 5.74) is -0.673. The Kier molecular flexibility index (Phi) is 4.60. The maximum absolute atomic E-state index is 13.5. The topological polar surface area (TPSA) is 55.4 Å². The van der Waals surface area contributed by atoms with Gasteiger partial charge in [0.05, 0.1) is 17.2 Å². The van der Waals surface area contributed by atoms with Crippen molar-refractivity contribution in [2.24, 2.45) is 0 Å². The molecule has 1 N–H and O–H groups in total. The Morgan fingerprint density at radius 2 is 1.64 bits per heavy atom. The maximum atomic E-state index is 13.5. The molecular formula is C14H12F3NO3S. The van der Waals surface area contributed by atoms with Crippen molar-refractivity contribution in [3.05, 3.63) is 53.8 Å². The predicted octanol–water partition coefficient (Wildman–Crippen LogP) is 3.30. The van der Waals surface area contributed by atoms with Gasteiger partial charge in [-0.25, -0.2) is 21.6 Å². The summed E-state index contributed by atoms with van der Waals surface area (Å²) >= 11 is 0. The van der Waals surface area contributed by atoms with Crippen LogP contribution in [0, 0.1) is 17.5 Å². The first-order valence-electron chi connectivity index (χ1n) is 6.24. The molecule has 0 aliphatic carbocycles. The number of rotatable bonds is 5. The summed E-state index contributed by atoms with van der Waals surface area (Å²) < 4.78 is 70.7. The van der Waals surface area contributed by atoms with Gasteiger partial charge >= 0.3 is 0 Å². The van der Waals surface area contributed by atoms with Crippen LogP contribution in [0.15, 0.2) is 41.3 Å². The van der Waals surface area contributed by atoms with Crippen LogP contribution in [0.1, 0.15) is 6.92 Å². The van der Waals surface area contributed by atoms with Gasteiger partial charge in [0, 0.05) is 0 Å². The van der Waals surface area contributed by atoms with Crippen molar-refractivity contribution in [3.8, 4) is 5.75 Å². The highest BCUT2D eigenvalue weighted by Gasteiger charge is 2.20. The third-order valence-electron chi connectivity index (χ3n) is 2.72. The molecule has 22 heavy (non-hydrogen) atoms. The van der Waals surface area contributed by atoms with Gasteiger partial charge in [-0.3, -0.25) is 4.72 Å². The zero-order chi connectivity index (χ0) is 16.3. The third kappa shape index (κ3) is 3.33. The van der Waals surface area contributed by atoms with Gasteiger partial charge in [0.1, 0.15) is 5.75 Å². The normalized spacial score (nSPS) is 11.3. The largest absolute Gasteiger partial charge is 0.494 e. The van der Waals surface area contributed by atoms with E-state index in [1.54, 1.807) is 6.92 Å². The summed E-state index contributed by atoms with van der Waals surface area (Å²) in [6.45, 7) is 2.20. The second-order valence-corrected chi connectivity index (χ2v) is 5.92. The van der Waals surface area contributed by atoms with Crippen molar-refractivity contribution < 1.29 is 26.3 Å². The van der Waals surface area contributed by atoms with Crippen LogP contribution in [0.25, 0.3) is 0 Å². The molecule has 0 heterocycles. The van der Waals surface area contributed by atoms with Crippen molar-refractivity contribution in [1.29, 1.82) is 0 Å². The minimum Gasteiger partial charge on any atom is -0.494 e. The molecule has 0 radical (unpaired) electrons. The fourth-order valence-corrected chi connectivity index (χ4v) is 2.75. The van der Waals surface area contributed by atoms with E-state index in [1.807, 2.05) is 4.72 Å². The number of ether oxygens (including phenoxy) is 1. The van der Waals surface area contributed by atoms with Crippen LogP contribution in [0.4, 0.5) is 18.9 Å². The first-order valence-corrected chi connectivity index (χ1v) is 7.72. The molecule has 0 saturated carbocycles. The lowest BCUT2D eigenvalue weighted by Crippen LogP contribution is -2.14. The molecule has 4 nitrogen and oxygen atoms in total. The van der Waals surface area contributed by atoms with Crippen LogP contribution >= 0.6 is 0 Å². The van der Waals surface area contributed by atoms with Gasteiger partial charge in [-0.05, 0) is 43.3 Å². The molecule has 0 atom stereocenters. The minimum atomic E-state index is -4.13. The molecule has 8 heteroatoms. The van der Waals surface area contributed by atoms with Crippen LogP contribution < -0.4 is 9.46 Å². The molecule has 2 rings (SSSR count). The highest BCUT2D eigenvalue weighted by molar-refractivity contribution is 7.92. The number of halogens is 3. The molecule has 0 saturated heterocycles. The number of hydrogen-bond donors (Lipinski definition) is 1. The number of nitrogens with one attached hydrogen (secondary N) is 1. The summed E-state index contributed by atoms with van der Waals surface area (Å²) in [6.07, 6.45) is 0. The quantitative estimate of drug-likeness (QED) is 0.855. The monoisotopic (exact) mass is 331 g/mol. The van der Waals surface area contributed by atoms with Gasteiger partial charge in [0.2, 0.25) is 0 Å². The van der Waals surface area contributed by atoms with Crippen LogP contribution in [-0.2, 0) is 10.0 Å². The lowest BCUT2D eigenvalue weighted by Gasteiger charge is -2.10. The van der Waals surface area contributed by atoms with Gasteiger partial charge in [-0.15, -0.1) is 0 Å². The molecular weight excluding hydrogens is 319 g/mol. The number of benzene rings is 2. The van der Waals surface area contributed by atoms with Crippen LogP contribution in [0.2, 0.25) is 0 Å². The summed E-state index contributed by atoms with van der Waals surface area (Å²) in [5, 5.41) is 0. The second-order valence-electron chi connectivity index (χ2n) is 4.23. The van der Waals surface area contributed by atoms with E-state index in [0.717, 1.165) is 6.07 Å². The van der Waals surface area contributed by atoms with E-state index in [-0.39, 0.29) is 4.90 Å². The van der Waals surface area contributed by atoms with E-state index >= 15 is 0 Å². The standard InChI is InChI=1S/C14H12F3NO3S/c1-2-21-9-3-5-10(6-4-9)22(19,20)18-12-8-7-11(15)13(16)14(12)17/h3-8,18H,2H2,1H3. The molecule has 0 aliphatic rings. The van der Waals surface area contributed by atoms with E-state index in [4.69, 9.17) is 4.74 Å².